The first-order valence-electron chi connectivity index (χ1n) is 11.0. The Balaban J connectivity index is 1.88. The fraction of sp³-hybridized carbons (Fsp3) is 0.417. The second kappa shape index (κ2) is 10.4. The number of hydrogen-bond donors (Lipinski definition) is 1. The lowest BCUT2D eigenvalue weighted by atomic mass is 10.1. The maximum atomic E-state index is 13.0. The first kappa shape index (κ1) is 25.5. The van der Waals surface area contributed by atoms with Crippen molar-refractivity contribution in [3.05, 3.63) is 47.5 Å². The van der Waals surface area contributed by atoms with Gasteiger partial charge in [0.25, 0.3) is 11.8 Å². The van der Waals surface area contributed by atoms with E-state index in [4.69, 9.17) is 9.47 Å². The Hall–Kier alpha value is -3.11. The van der Waals surface area contributed by atoms with Crippen molar-refractivity contribution in [1.82, 2.24) is 9.21 Å². The van der Waals surface area contributed by atoms with Gasteiger partial charge in [0, 0.05) is 38.3 Å². The van der Waals surface area contributed by atoms with Gasteiger partial charge >= 0.3 is 0 Å². The monoisotopic (exact) mass is 489 g/mol. The molecule has 2 amide bonds. The highest BCUT2D eigenvalue weighted by Gasteiger charge is 2.31. The number of sulfonamides is 1. The van der Waals surface area contributed by atoms with Gasteiger partial charge in [0.05, 0.1) is 30.4 Å². The van der Waals surface area contributed by atoms with Crippen molar-refractivity contribution >= 4 is 27.5 Å². The van der Waals surface area contributed by atoms with Crippen molar-refractivity contribution in [3.8, 4) is 11.5 Å². The molecule has 1 unspecified atom stereocenters. The van der Waals surface area contributed by atoms with E-state index in [2.05, 4.69) is 5.32 Å². The second-order valence-electron chi connectivity index (χ2n) is 8.39. The van der Waals surface area contributed by atoms with Crippen LogP contribution in [0.5, 0.6) is 11.5 Å². The van der Waals surface area contributed by atoms with E-state index >= 15 is 0 Å². The summed E-state index contributed by atoms with van der Waals surface area (Å²) < 4.78 is 38.2. The van der Waals surface area contributed by atoms with Crippen molar-refractivity contribution in [2.24, 2.45) is 0 Å². The SMILES string of the molecule is COc1cc(NC(=O)c2ccc(S(=O)(=O)N3CCCCC3C)cc2)c(C(=O)N(C)C)cc1OC. The minimum Gasteiger partial charge on any atom is -0.493 e. The Kier molecular flexibility index (Phi) is 7.83. The first-order valence-corrected chi connectivity index (χ1v) is 12.4. The molecule has 2 aromatic rings. The summed E-state index contributed by atoms with van der Waals surface area (Å²) >= 11 is 0. The summed E-state index contributed by atoms with van der Waals surface area (Å²) in [5.41, 5.74) is 0.734. The van der Waals surface area contributed by atoms with Crippen LogP contribution in [0.4, 0.5) is 5.69 Å². The van der Waals surface area contributed by atoms with E-state index in [-0.39, 0.29) is 33.7 Å². The van der Waals surface area contributed by atoms with Crippen LogP contribution in [0.15, 0.2) is 41.3 Å². The average molecular weight is 490 g/mol. The first-order chi connectivity index (χ1) is 16.1. The van der Waals surface area contributed by atoms with E-state index in [0.717, 1.165) is 19.3 Å². The fourth-order valence-electron chi connectivity index (χ4n) is 3.94. The van der Waals surface area contributed by atoms with Gasteiger partial charge in [-0.05, 0) is 50.1 Å². The maximum absolute atomic E-state index is 13.0. The van der Waals surface area contributed by atoms with E-state index in [1.807, 2.05) is 6.92 Å². The van der Waals surface area contributed by atoms with Crippen LogP contribution in [0.25, 0.3) is 0 Å². The molecule has 0 saturated carbocycles. The standard InChI is InChI=1S/C24H31N3O6S/c1-16-8-6-7-13-27(16)34(30,31)18-11-9-17(10-12-18)23(28)25-20-15-22(33-5)21(32-4)14-19(20)24(29)26(2)3/h9-12,14-16H,6-8,13H2,1-5H3,(H,25,28). The summed E-state index contributed by atoms with van der Waals surface area (Å²) in [6, 6.07) is 8.77. The molecule has 1 heterocycles. The van der Waals surface area contributed by atoms with Crippen LogP contribution in [0, 0.1) is 0 Å². The van der Waals surface area contributed by atoms with Crippen LogP contribution in [-0.4, -0.2) is 70.3 Å². The highest BCUT2D eigenvalue weighted by atomic mass is 32.2. The fourth-order valence-corrected chi connectivity index (χ4v) is 5.64. The molecule has 34 heavy (non-hydrogen) atoms. The molecule has 1 fully saturated rings. The Labute approximate surface area is 200 Å². The van der Waals surface area contributed by atoms with Gasteiger partial charge in [-0.1, -0.05) is 6.42 Å². The number of carbonyl (C=O) groups excluding carboxylic acids is 2. The molecular weight excluding hydrogens is 458 g/mol. The second-order valence-corrected chi connectivity index (χ2v) is 10.3. The van der Waals surface area contributed by atoms with Gasteiger partial charge in [-0.3, -0.25) is 9.59 Å². The number of methoxy groups -OCH3 is 2. The highest BCUT2D eigenvalue weighted by molar-refractivity contribution is 7.89. The zero-order valence-corrected chi connectivity index (χ0v) is 20.9. The van der Waals surface area contributed by atoms with Gasteiger partial charge in [0.2, 0.25) is 10.0 Å². The smallest absolute Gasteiger partial charge is 0.255 e. The Morgan fingerprint density at radius 2 is 1.65 bits per heavy atom. The summed E-state index contributed by atoms with van der Waals surface area (Å²) in [5.74, 6) is -0.110. The summed E-state index contributed by atoms with van der Waals surface area (Å²) in [4.78, 5) is 27.2. The maximum Gasteiger partial charge on any atom is 0.255 e. The molecule has 0 radical (unpaired) electrons. The van der Waals surface area contributed by atoms with E-state index in [1.165, 1.54) is 59.8 Å². The van der Waals surface area contributed by atoms with E-state index < -0.39 is 15.9 Å². The molecule has 2 aromatic carbocycles. The predicted octanol–water partition coefficient (Wildman–Crippen LogP) is 3.22. The van der Waals surface area contributed by atoms with Crippen LogP contribution in [-0.2, 0) is 10.0 Å². The molecule has 0 aliphatic carbocycles. The zero-order chi connectivity index (χ0) is 25.0. The minimum atomic E-state index is -3.64. The molecule has 0 spiro atoms. The Bertz CT molecular complexity index is 1160. The number of rotatable bonds is 7. The predicted molar refractivity (Wildman–Crippen MR) is 129 cm³/mol. The minimum absolute atomic E-state index is 0.0561. The summed E-state index contributed by atoms with van der Waals surface area (Å²) in [6.45, 7) is 2.40. The van der Waals surface area contributed by atoms with Gasteiger partial charge in [-0.25, -0.2) is 8.42 Å². The lowest BCUT2D eigenvalue weighted by molar-refractivity contribution is 0.0828. The topological polar surface area (TPSA) is 105 Å². The third-order valence-electron chi connectivity index (χ3n) is 5.87. The van der Waals surface area contributed by atoms with Crippen molar-refractivity contribution in [3.63, 3.8) is 0 Å². The number of nitrogens with one attached hydrogen (secondary N) is 1. The number of amides is 2. The normalized spacial score (nSPS) is 16.6. The number of benzene rings is 2. The molecule has 0 aromatic heterocycles. The molecule has 9 nitrogen and oxygen atoms in total. The lowest BCUT2D eigenvalue weighted by Gasteiger charge is -2.32. The molecule has 1 aliphatic heterocycles. The van der Waals surface area contributed by atoms with Gasteiger partial charge in [-0.15, -0.1) is 0 Å². The molecular formula is C24H31N3O6S. The molecule has 1 aliphatic rings. The number of nitrogens with zero attached hydrogens (tertiary/aromatic N) is 2. The Morgan fingerprint density at radius 1 is 1.03 bits per heavy atom. The van der Waals surface area contributed by atoms with Gasteiger partial charge in [0.15, 0.2) is 11.5 Å². The third-order valence-corrected chi connectivity index (χ3v) is 7.90. The van der Waals surface area contributed by atoms with Crippen LogP contribution in [0.2, 0.25) is 0 Å². The van der Waals surface area contributed by atoms with Crippen LogP contribution >= 0.6 is 0 Å². The van der Waals surface area contributed by atoms with Crippen molar-refractivity contribution in [2.75, 3.05) is 40.2 Å². The summed E-state index contributed by atoms with van der Waals surface area (Å²) in [6.07, 6.45) is 2.68. The number of anilines is 1. The zero-order valence-electron chi connectivity index (χ0n) is 20.1. The molecule has 1 atom stereocenters. The largest absolute Gasteiger partial charge is 0.493 e. The van der Waals surface area contributed by atoms with Gasteiger partial charge < -0.3 is 19.7 Å². The number of piperidine rings is 1. The summed E-state index contributed by atoms with van der Waals surface area (Å²) in [5, 5.41) is 2.74. The van der Waals surface area contributed by atoms with E-state index in [1.54, 1.807) is 14.1 Å². The molecule has 1 N–H and O–H groups in total. The Morgan fingerprint density at radius 3 is 2.21 bits per heavy atom. The van der Waals surface area contributed by atoms with Crippen molar-refractivity contribution in [1.29, 1.82) is 0 Å². The number of hydrogen-bond acceptors (Lipinski definition) is 6. The number of ether oxygens (including phenoxy) is 2. The molecule has 10 heteroatoms. The van der Waals surface area contributed by atoms with Crippen molar-refractivity contribution in [2.45, 2.75) is 37.1 Å². The number of carbonyl (C=O) groups is 2. The quantitative estimate of drug-likeness (QED) is 0.640. The van der Waals surface area contributed by atoms with E-state index in [9.17, 15) is 18.0 Å². The van der Waals surface area contributed by atoms with Gasteiger partial charge in [-0.2, -0.15) is 4.31 Å². The van der Waals surface area contributed by atoms with Crippen molar-refractivity contribution < 1.29 is 27.5 Å². The van der Waals surface area contributed by atoms with Gasteiger partial charge in [0.1, 0.15) is 0 Å². The lowest BCUT2D eigenvalue weighted by Crippen LogP contribution is -2.41. The third kappa shape index (κ3) is 5.18. The molecule has 1 saturated heterocycles. The van der Waals surface area contributed by atoms with E-state index in [0.29, 0.717) is 18.0 Å². The highest BCUT2D eigenvalue weighted by Crippen LogP contribution is 2.34. The average Bonchev–Trinajstić information content (AvgIpc) is 2.83. The molecule has 0 bridgehead atoms. The van der Waals surface area contributed by atoms with Crippen LogP contribution < -0.4 is 14.8 Å². The molecule has 3 rings (SSSR count). The summed E-state index contributed by atoms with van der Waals surface area (Å²) in [7, 11) is 2.49. The molecule has 184 valence electrons. The van der Waals surface area contributed by atoms with Crippen LogP contribution in [0.3, 0.4) is 0 Å². The van der Waals surface area contributed by atoms with Crippen LogP contribution in [0.1, 0.15) is 46.9 Å².